The molecule has 3 N–H and O–H groups in total. The second-order valence-electron chi connectivity index (χ2n) is 4.94. The van der Waals surface area contributed by atoms with Gasteiger partial charge in [-0.15, -0.1) is 0 Å². The summed E-state index contributed by atoms with van der Waals surface area (Å²) in [5.74, 6) is 0. The molecular weight excluding hydrogens is 292 g/mol. The molecule has 1 heterocycles. The molecule has 1 atom stereocenters. The first-order valence-corrected chi connectivity index (χ1v) is 7.39. The monoisotopic (exact) mass is 312 g/mol. The van der Waals surface area contributed by atoms with E-state index < -0.39 is 0 Å². The highest BCUT2D eigenvalue weighted by atomic mass is 79.9. The van der Waals surface area contributed by atoms with Crippen LogP contribution in [0, 0.1) is 0 Å². The number of hydrogen-bond acceptors (Lipinski definition) is 3. The minimum absolute atomic E-state index is 0.293. The van der Waals surface area contributed by atoms with E-state index in [1.165, 1.54) is 18.4 Å². The van der Waals surface area contributed by atoms with Crippen LogP contribution in [0.25, 0.3) is 0 Å². The summed E-state index contributed by atoms with van der Waals surface area (Å²) in [5.41, 5.74) is 8.10. The average Bonchev–Trinajstić information content (AvgIpc) is 2.79. The van der Waals surface area contributed by atoms with Gasteiger partial charge in [-0.1, -0.05) is 22.0 Å². The Balaban J connectivity index is 2.03. The van der Waals surface area contributed by atoms with Gasteiger partial charge in [-0.05, 0) is 44.4 Å². The maximum absolute atomic E-state index is 8.94. The number of likely N-dealkylation sites (tertiary alicyclic amines) is 1. The average molecular weight is 313 g/mol. The van der Waals surface area contributed by atoms with Crippen molar-refractivity contribution < 1.29 is 5.11 Å². The van der Waals surface area contributed by atoms with Crippen molar-refractivity contribution in [2.75, 3.05) is 18.9 Å². The van der Waals surface area contributed by atoms with Crippen LogP contribution in [-0.4, -0.2) is 29.2 Å². The van der Waals surface area contributed by atoms with E-state index in [2.05, 4.69) is 20.8 Å². The van der Waals surface area contributed by atoms with Crippen LogP contribution in [0.15, 0.2) is 22.7 Å². The molecule has 0 amide bonds. The van der Waals surface area contributed by atoms with E-state index in [1.807, 2.05) is 18.2 Å². The summed E-state index contributed by atoms with van der Waals surface area (Å²) in [5, 5.41) is 8.94. The van der Waals surface area contributed by atoms with Gasteiger partial charge in [0.05, 0.1) is 0 Å². The first kappa shape index (κ1) is 13.8. The number of nitrogen functional groups attached to an aromatic ring is 1. The van der Waals surface area contributed by atoms with Crippen molar-refractivity contribution in [1.29, 1.82) is 0 Å². The number of aliphatic hydroxyl groups is 1. The predicted octanol–water partition coefficient (Wildman–Crippen LogP) is 2.77. The van der Waals surface area contributed by atoms with Crippen LogP contribution in [0.4, 0.5) is 5.69 Å². The lowest BCUT2D eigenvalue weighted by molar-refractivity contribution is 0.210. The lowest BCUT2D eigenvalue weighted by Gasteiger charge is -2.25. The van der Waals surface area contributed by atoms with Gasteiger partial charge in [0.2, 0.25) is 0 Å². The summed E-state index contributed by atoms with van der Waals surface area (Å²) < 4.78 is 1.09. The Kier molecular flexibility index (Phi) is 5.03. The lowest BCUT2D eigenvalue weighted by atomic mass is 10.1. The largest absolute Gasteiger partial charge is 0.398 e. The van der Waals surface area contributed by atoms with E-state index in [0.717, 1.165) is 36.1 Å². The van der Waals surface area contributed by atoms with Crippen molar-refractivity contribution in [1.82, 2.24) is 4.90 Å². The normalized spacial score (nSPS) is 20.4. The first-order chi connectivity index (χ1) is 8.72. The SMILES string of the molecule is Nc1cccc(Br)c1CN1CCCC1CCCO. The third-order valence-electron chi connectivity index (χ3n) is 3.71. The van der Waals surface area contributed by atoms with Crippen molar-refractivity contribution in [2.24, 2.45) is 0 Å². The van der Waals surface area contributed by atoms with Gasteiger partial charge in [-0.2, -0.15) is 0 Å². The molecule has 1 aromatic rings. The van der Waals surface area contributed by atoms with E-state index in [1.54, 1.807) is 0 Å². The minimum atomic E-state index is 0.293. The third-order valence-corrected chi connectivity index (χ3v) is 4.45. The fourth-order valence-electron chi connectivity index (χ4n) is 2.70. The summed E-state index contributed by atoms with van der Waals surface area (Å²) >= 11 is 3.58. The van der Waals surface area contributed by atoms with Gasteiger partial charge in [0.15, 0.2) is 0 Å². The van der Waals surface area contributed by atoms with Gasteiger partial charge < -0.3 is 10.8 Å². The van der Waals surface area contributed by atoms with Crippen LogP contribution >= 0.6 is 15.9 Å². The summed E-state index contributed by atoms with van der Waals surface area (Å²) in [4.78, 5) is 2.49. The van der Waals surface area contributed by atoms with E-state index in [0.29, 0.717) is 12.6 Å². The smallest absolute Gasteiger partial charge is 0.0431 e. The molecule has 1 aliphatic heterocycles. The van der Waals surface area contributed by atoms with Gasteiger partial charge in [-0.25, -0.2) is 0 Å². The maximum Gasteiger partial charge on any atom is 0.0431 e. The number of benzene rings is 1. The van der Waals surface area contributed by atoms with Crippen molar-refractivity contribution in [3.05, 3.63) is 28.2 Å². The third kappa shape index (κ3) is 3.25. The fraction of sp³-hybridized carbons (Fsp3) is 0.571. The molecule has 0 aromatic heterocycles. The molecule has 18 heavy (non-hydrogen) atoms. The molecular formula is C14H21BrN2O. The molecule has 1 aliphatic rings. The van der Waals surface area contributed by atoms with Gasteiger partial charge in [-0.3, -0.25) is 4.90 Å². The topological polar surface area (TPSA) is 49.5 Å². The van der Waals surface area contributed by atoms with E-state index in [9.17, 15) is 0 Å². The summed E-state index contributed by atoms with van der Waals surface area (Å²) in [7, 11) is 0. The molecule has 2 rings (SSSR count). The van der Waals surface area contributed by atoms with Crippen LogP contribution in [0.1, 0.15) is 31.2 Å². The van der Waals surface area contributed by atoms with Crippen LogP contribution in [0.5, 0.6) is 0 Å². The van der Waals surface area contributed by atoms with Gasteiger partial charge in [0.1, 0.15) is 0 Å². The number of rotatable bonds is 5. The van der Waals surface area contributed by atoms with Crippen molar-refractivity contribution >= 4 is 21.6 Å². The van der Waals surface area contributed by atoms with Crippen molar-refractivity contribution in [3.8, 4) is 0 Å². The number of nitrogens with zero attached hydrogens (tertiary/aromatic N) is 1. The Morgan fingerprint density at radius 1 is 1.44 bits per heavy atom. The highest BCUT2D eigenvalue weighted by Crippen LogP contribution is 2.29. The molecule has 0 bridgehead atoms. The van der Waals surface area contributed by atoms with E-state index >= 15 is 0 Å². The van der Waals surface area contributed by atoms with Crippen LogP contribution < -0.4 is 5.73 Å². The Labute approximate surface area is 117 Å². The van der Waals surface area contributed by atoms with E-state index in [4.69, 9.17) is 10.8 Å². The number of halogens is 1. The van der Waals surface area contributed by atoms with Crippen molar-refractivity contribution in [2.45, 2.75) is 38.3 Å². The predicted molar refractivity (Wildman–Crippen MR) is 78.3 cm³/mol. The van der Waals surface area contributed by atoms with Gasteiger partial charge >= 0.3 is 0 Å². The molecule has 1 unspecified atom stereocenters. The number of anilines is 1. The lowest BCUT2D eigenvalue weighted by Crippen LogP contribution is -2.29. The highest BCUT2D eigenvalue weighted by molar-refractivity contribution is 9.10. The zero-order valence-electron chi connectivity index (χ0n) is 10.6. The molecule has 0 radical (unpaired) electrons. The molecule has 3 nitrogen and oxygen atoms in total. The molecule has 1 fully saturated rings. The quantitative estimate of drug-likeness (QED) is 0.822. The minimum Gasteiger partial charge on any atom is -0.398 e. The van der Waals surface area contributed by atoms with Crippen LogP contribution in [-0.2, 0) is 6.54 Å². The number of nitrogens with two attached hydrogens (primary N) is 1. The molecule has 100 valence electrons. The number of hydrogen-bond donors (Lipinski definition) is 2. The molecule has 0 spiro atoms. The zero-order valence-corrected chi connectivity index (χ0v) is 12.2. The Hall–Kier alpha value is -0.580. The summed E-state index contributed by atoms with van der Waals surface area (Å²) in [6, 6.07) is 6.57. The van der Waals surface area contributed by atoms with Crippen LogP contribution in [0.3, 0.4) is 0 Å². The Morgan fingerprint density at radius 2 is 2.28 bits per heavy atom. The van der Waals surface area contributed by atoms with Gasteiger partial charge in [0, 0.05) is 34.9 Å². The van der Waals surface area contributed by atoms with Gasteiger partial charge in [0.25, 0.3) is 0 Å². The summed E-state index contributed by atoms with van der Waals surface area (Å²) in [6.45, 7) is 2.34. The highest BCUT2D eigenvalue weighted by Gasteiger charge is 2.24. The molecule has 4 heteroatoms. The standard InChI is InChI=1S/C14H21BrN2O/c15-13-6-1-7-14(16)12(13)10-17-8-2-4-11(17)5-3-9-18/h1,6-7,11,18H,2-5,8-10,16H2. The second kappa shape index (κ2) is 6.55. The first-order valence-electron chi connectivity index (χ1n) is 6.60. The second-order valence-corrected chi connectivity index (χ2v) is 5.79. The zero-order chi connectivity index (χ0) is 13.0. The Bertz CT molecular complexity index is 377. The fourth-order valence-corrected chi connectivity index (χ4v) is 3.21. The summed E-state index contributed by atoms with van der Waals surface area (Å²) in [6.07, 6.45) is 4.47. The van der Waals surface area contributed by atoms with Crippen molar-refractivity contribution in [3.63, 3.8) is 0 Å². The molecule has 1 saturated heterocycles. The maximum atomic E-state index is 8.94. The van der Waals surface area contributed by atoms with Crippen LogP contribution in [0.2, 0.25) is 0 Å². The molecule has 0 saturated carbocycles. The molecule has 0 aliphatic carbocycles. The number of aliphatic hydroxyl groups excluding tert-OH is 1. The molecule has 1 aromatic carbocycles. The Morgan fingerprint density at radius 3 is 3.00 bits per heavy atom. The van der Waals surface area contributed by atoms with E-state index in [-0.39, 0.29) is 0 Å².